The average molecular weight is 340 g/mol. The number of carbonyl (C=O) groups excluding carboxylic acids is 1. The number of carbonyl (C=O) groups is 2. The molecule has 0 heterocycles. The second kappa shape index (κ2) is 8.08. The number of benzene rings is 2. The van der Waals surface area contributed by atoms with Crippen molar-refractivity contribution in [3.05, 3.63) is 60.2 Å². The van der Waals surface area contributed by atoms with Crippen molar-refractivity contribution in [2.45, 2.75) is 26.7 Å². The topological polar surface area (TPSA) is 74.6 Å². The molecular weight excluding hydrogens is 316 g/mol. The molecule has 0 bridgehead atoms. The van der Waals surface area contributed by atoms with Gasteiger partial charge in [-0.2, -0.15) is 0 Å². The van der Waals surface area contributed by atoms with Crippen LogP contribution in [0.3, 0.4) is 0 Å². The largest absolute Gasteiger partial charge is 0.480 e. The van der Waals surface area contributed by atoms with E-state index >= 15 is 0 Å². The Morgan fingerprint density at radius 3 is 2.04 bits per heavy atom. The van der Waals surface area contributed by atoms with Crippen molar-refractivity contribution in [1.29, 1.82) is 0 Å². The van der Waals surface area contributed by atoms with Gasteiger partial charge in [0.2, 0.25) is 0 Å². The number of carboxylic acid groups (broad SMARTS) is 1. The van der Waals surface area contributed by atoms with Gasteiger partial charge < -0.3 is 10.2 Å². The average Bonchev–Trinajstić information content (AvgIpc) is 2.65. The van der Waals surface area contributed by atoms with Gasteiger partial charge in [0.25, 0.3) is 0 Å². The third-order valence-electron chi connectivity index (χ3n) is 4.74. The molecule has 2 rings (SSSR count). The lowest BCUT2D eigenvalue weighted by molar-refractivity contribution is -0.158. The molecule has 0 aromatic heterocycles. The molecule has 0 aliphatic rings. The molecule has 0 spiro atoms. The number of aliphatic hydroxyl groups excluding tert-OH is 1. The van der Waals surface area contributed by atoms with E-state index in [0.717, 1.165) is 16.7 Å². The zero-order chi connectivity index (χ0) is 18.4. The maximum Gasteiger partial charge on any atom is 0.319 e. The first-order chi connectivity index (χ1) is 11.9. The van der Waals surface area contributed by atoms with Gasteiger partial charge in [-0.25, -0.2) is 0 Å². The number of ketones is 1. The summed E-state index contributed by atoms with van der Waals surface area (Å²) in [6.45, 7) is 2.46. The summed E-state index contributed by atoms with van der Waals surface area (Å²) in [5.41, 5.74) is 1.45. The van der Waals surface area contributed by atoms with Crippen molar-refractivity contribution < 1.29 is 19.8 Å². The second-order valence-corrected chi connectivity index (χ2v) is 6.53. The maximum absolute atomic E-state index is 12.6. The quantitative estimate of drug-likeness (QED) is 0.720. The van der Waals surface area contributed by atoms with E-state index < -0.39 is 29.7 Å². The van der Waals surface area contributed by atoms with Crippen molar-refractivity contribution in [3.8, 4) is 11.1 Å². The Kier molecular flexibility index (Phi) is 6.10. The van der Waals surface area contributed by atoms with Gasteiger partial charge in [-0.3, -0.25) is 9.59 Å². The standard InChI is InChI=1S/C21H24O4/c1-3-16(19(23)21(2,14-22)20(24)25)13-15-9-11-18(12-10-15)17-7-5-4-6-8-17/h4-12,16,22H,3,13-14H2,1-2H3,(H,24,25)/t16-,21-/m1/s1. The summed E-state index contributed by atoms with van der Waals surface area (Å²) >= 11 is 0. The molecule has 0 saturated carbocycles. The second-order valence-electron chi connectivity index (χ2n) is 6.53. The van der Waals surface area contributed by atoms with Gasteiger partial charge in [0.1, 0.15) is 5.41 Å². The molecule has 0 unspecified atom stereocenters. The van der Waals surface area contributed by atoms with Gasteiger partial charge in [0.05, 0.1) is 6.61 Å². The first-order valence-corrected chi connectivity index (χ1v) is 8.45. The van der Waals surface area contributed by atoms with Crippen LogP contribution in [0.1, 0.15) is 25.8 Å². The van der Waals surface area contributed by atoms with E-state index in [0.29, 0.717) is 12.8 Å². The van der Waals surface area contributed by atoms with Gasteiger partial charge in [-0.15, -0.1) is 0 Å². The molecule has 0 radical (unpaired) electrons. The van der Waals surface area contributed by atoms with Crippen LogP contribution in [0.15, 0.2) is 54.6 Å². The summed E-state index contributed by atoms with van der Waals surface area (Å²) in [6.07, 6.45) is 0.995. The van der Waals surface area contributed by atoms with Gasteiger partial charge in [0.15, 0.2) is 5.78 Å². The number of carboxylic acids is 1. The third-order valence-corrected chi connectivity index (χ3v) is 4.74. The third kappa shape index (κ3) is 4.15. The molecule has 0 fully saturated rings. The first-order valence-electron chi connectivity index (χ1n) is 8.45. The molecule has 0 amide bonds. The maximum atomic E-state index is 12.6. The fourth-order valence-corrected chi connectivity index (χ4v) is 2.87. The Morgan fingerprint density at radius 1 is 1.00 bits per heavy atom. The number of hydrogen-bond acceptors (Lipinski definition) is 3. The predicted octanol–water partition coefficient (Wildman–Crippen LogP) is 3.57. The van der Waals surface area contributed by atoms with E-state index in [1.54, 1.807) is 0 Å². The highest BCUT2D eigenvalue weighted by Crippen LogP contribution is 2.27. The molecule has 4 heteroatoms. The molecule has 132 valence electrons. The molecule has 2 atom stereocenters. The van der Waals surface area contributed by atoms with E-state index in [1.165, 1.54) is 6.92 Å². The lowest BCUT2D eigenvalue weighted by atomic mass is 9.77. The molecule has 25 heavy (non-hydrogen) atoms. The Balaban J connectivity index is 2.16. The van der Waals surface area contributed by atoms with Crippen LogP contribution in [0.2, 0.25) is 0 Å². The summed E-state index contributed by atoms with van der Waals surface area (Å²) in [7, 11) is 0. The number of Topliss-reactive ketones (excluding diaryl/α,β-unsaturated/α-hetero) is 1. The van der Waals surface area contributed by atoms with Gasteiger partial charge >= 0.3 is 5.97 Å². The Hall–Kier alpha value is -2.46. The molecular formula is C21H24O4. The molecule has 2 aromatic carbocycles. The Bertz CT molecular complexity index is 721. The van der Waals surface area contributed by atoms with Gasteiger partial charge in [-0.05, 0) is 36.5 Å². The first kappa shape index (κ1) is 18.9. The number of hydrogen-bond donors (Lipinski definition) is 2. The number of aliphatic hydroxyl groups is 1. The van der Waals surface area contributed by atoms with Crippen LogP contribution in [0.5, 0.6) is 0 Å². The minimum atomic E-state index is -1.75. The van der Waals surface area contributed by atoms with Crippen LogP contribution < -0.4 is 0 Å². The predicted molar refractivity (Wildman–Crippen MR) is 97.2 cm³/mol. The molecule has 2 N–H and O–H groups in total. The zero-order valence-corrected chi connectivity index (χ0v) is 14.6. The van der Waals surface area contributed by atoms with Gasteiger partial charge in [-0.1, -0.05) is 61.5 Å². The molecule has 0 aliphatic carbocycles. The fraction of sp³-hybridized carbons (Fsp3) is 0.333. The van der Waals surface area contributed by atoms with E-state index in [9.17, 15) is 19.8 Å². The minimum Gasteiger partial charge on any atom is -0.480 e. The van der Waals surface area contributed by atoms with Crippen LogP contribution in [-0.4, -0.2) is 28.6 Å². The Labute approximate surface area is 148 Å². The van der Waals surface area contributed by atoms with Crippen molar-refractivity contribution in [1.82, 2.24) is 0 Å². The number of aliphatic carboxylic acids is 1. The lowest BCUT2D eigenvalue weighted by Crippen LogP contribution is -2.43. The van der Waals surface area contributed by atoms with Crippen molar-refractivity contribution in [2.75, 3.05) is 6.61 Å². The summed E-state index contributed by atoms with van der Waals surface area (Å²) in [5, 5.41) is 18.7. The highest BCUT2D eigenvalue weighted by molar-refractivity contribution is 6.04. The SMILES string of the molecule is CC[C@H](Cc1ccc(-c2ccccc2)cc1)C(=O)[C@@](C)(CO)C(=O)O. The fourth-order valence-electron chi connectivity index (χ4n) is 2.87. The molecule has 0 saturated heterocycles. The summed E-state index contributed by atoms with van der Waals surface area (Å²) in [6, 6.07) is 17.9. The van der Waals surface area contributed by atoms with Crippen molar-refractivity contribution in [3.63, 3.8) is 0 Å². The highest BCUT2D eigenvalue weighted by atomic mass is 16.4. The molecule has 4 nitrogen and oxygen atoms in total. The lowest BCUT2D eigenvalue weighted by Gasteiger charge is -2.26. The van der Waals surface area contributed by atoms with Crippen molar-refractivity contribution in [2.24, 2.45) is 11.3 Å². The number of rotatable bonds is 8. The van der Waals surface area contributed by atoms with E-state index in [-0.39, 0.29) is 0 Å². The normalized spacial score (nSPS) is 14.5. The minimum absolute atomic E-state index is 0.419. The molecule has 0 aliphatic heterocycles. The van der Waals surface area contributed by atoms with Gasteiger partial charge in [0, 0.05) is 5.92 Å². The van der Waals surface area contributed by atoms with E-state index in [2.05, 4.69) is 0 Å². The zero-order valence-electron chi connectivity index (χ0n) is 14.6. The van der Waals surface area contributed by atoms with E-state index in [4.69, 9.17) is 0 Å². The molecule has 2 aromatic rings. The Morgan fingerprint density at radius 2 is 1.56 bits per heavy atom. The smallest absolute Gasteiger partial charge is 0.319 e. The highest BCUT2D eigenvalue weighted by Gasteiger charge is 2.43. The van der Waals surface area contributed by atoms with Crippen LogP contribution in [0.25, 0.3) is 11.1 Å². The van der Waals surface area contributed by atoms with Crippen LogP contribution in [0.4, 0.5) is 0 Å². The monoisotopic (exact) mass is 340 g/mol. The van der Waals surface area contributed by atoms with Crippen molar-refractivity contribution >= 4 is 11.8 Å². The summed E-state index contributed by atoms with van der Waals surface area (Å²) in [4.78, 5) is 24.0. The van der Waals surface area contributed by atoms with E-state index in [1.807, 2.05) is 61.5 Å². The summed E-state index contributed by atoms with van der Waals surface area (Å²) < 4.78 is 0. The van der Waals surface area contributed by atoms with Crippen LogP contribution in [0, 0.1) is 11.3 Å². The summed E-state index contributed by atoms with van der Waals surface area (Å²) in [5.74, 6) is -2.13. The van der Waals surface area contributed by atoms with Crippen LogP contribution in [-0.2, 0) is 16.0 Å². The van der Waals surface area contributed by atoms with Crippen LogP contribution >= 0.6 is 0 Å².